The van der Waals surface area contributed by atoms with Gasteiger partial charge in [-0.05, 0) is 54.4 Å². The Morgan fingerprint density at radius 3 is 2.20 bits per heavy atom. The van der Waals surface area contributed by atoms with Gasteiger partial charge in [-0.15, -0.1) is 23.2 Å². The summed E-state index contributed by atoms with van der Waals surface area (Å²) in [5.41, 5.74) is -0.544. The summed E-state index contributed by atoms with van der Waals surface area (Å²) in [6.07, 6.45) is 0.528. The molecule has 14 heteroatoms. The van der Waals surface area contributed by atoms with Crippen molar-refractivity contribution < 1.29 is 27.4 Å². The topological polar surface area (TPSA) is 87.3 Å². The molecule has 222 valence electrons. The molecule has 41 heavy (non-hydrogen) atoms. The number of carbonyl (C=O) groups is 3. The lowest BCUT2D eigenvalue weighted by Crippen LogP contribution is -2.19. The molecule has 1 aliphatic carbocycles. The van der Waals surface area contributed by atoms with Crippen LogP contribution in [0.5, 0.6) is 0 Å². The van der Waals surface area contributed by atoms with E-state index in [1.807, 2.05) is 0 Å². The number of halogens is 8. The second-order valence-electron chi connectivity index (χ2n) is 9.15. The molecule has 3 aromatic rings. The molecule has 0 unspecified atom stereocenters. The standard InChI is InChI=1S/C27H19Cl6F2N3O3.3H2/c1-2-3-19(39)38-24-17(34)6-7-18(23(24)35)37-25(40)13-10-12(4-5-14(13)28)36-26(41)21-20(27(21,32)33)11-8-15(29)22(31)16(30)9-11;;;/h4-10,20-21H,2-3H2,1H3,(H,36,41)(H,37,40)(H,38,39);3*1H/t20-,21+;;;/m0.../s1. The first-order chi connectivity index (χ1) is 19.3. The fourth-order valence-corrected chi connectivity index (χ4v) is 5.85. The van der Waals surface area contributed by atoms with Crippen LogP contribution in [-0.2, 0) is 9.59 Å². The summed E-state index contributed by atoms with van der Waals surface area (Å²) in [4.78, 5) is 37.9. The molecular weight excluding hydrogens is 665 g/mol. The molecule has 1 fully saturated rings. The Balaban J connectivity index is 0.00000323. The van der Waals surface area contributed by atoms with E-state index in [2.05, 4.69) is 16.0 Å². The van der Waals surface area contributed by atoms with Gasteiger partial charge in [0.15, 0.2) is 5.82 Å². The van der Waals surface area contributed by atoms with Gasteiger partial charge < -0.3 is 16.0 Å². The van der Waals surface area contributed by atoms with E-state index in [1.165, 1.54) is 30.3 Å². The maximum Gasteiger partial charge on any atom is 0.257 e. The average molecular weight is 690 g/mol. The number of anilines is 3. The van der Waals surface area contributed by atoms with E-state index in [0.717, 1.165) is 12.1 Å². The summed E-state index contributed by atoms with van der Waals surface area (Å²) in [5, 5.41) is 7.59. The number of hydrogen-bond donors (Lipinski definition) is 3. The maximum atomic E-state index is 15.0. The molecule has 1 saturated carbocycles. The van der Waals surface area contributed by atoms with Crippen LogP contribution in [-0.4, -0.2) is 22.1 Å². The number of carbonyl (C=O) groups excluding carboxylic acids is 3. The van der Waals surface area contributed by atoms with E-state index in [9.17, 15) is 23.2 Å². The van der Waals surface area contributed by atoms with Gasteiger partial charge in [-0.3, -0.25) is 14.4 Å². The summed E-state index contributed by atoms with van der Waals surface area (Å²) < 4.78 is 27.7. The van der Waals surface area contributed by atoms with Crippen molar-refractivity contribution in [1.82, 2.24) is 0 Å². The number of nitrogens with one attached hydrogen (secondary N) is 3. The highest BCUT2D eigenvalue weighted by Crippen LogP contribution is 2.65. The first kappa shape index (κ1) is 31.6. The van der Waals surface area contributed by atoms with Gasteiger partial charge in [-0.1, -0.05) is 53.3 Å². The van der Waals surface area contributed by atoms with Crippen molar-refractivity contribution in [2.45, 2.75) is 30.0 Å². The maximum absolute atomic E-state index is 15.0. The zero-order valence-electron chi connectivity index (χ0n) is 20.9. The van der Waals surface area contributed by atoms with Gasteiger partial charge in [0.05, 0.1) is 37.3 Å². The minimum Gasteiger partial charge on any atom is -0.326 e. The van der Waals surface area contributed by atoms with Crippen LogP contribution < -0.4 is 16.0 Å². The molecule has 1 aliphatic rings. The minimum absolute atomic E-state index is 0. The summed E-state index contributed by atoms with van der Waals surface area (Å²) in [6, 6.07) is 8.99. The van der Waals surface area contributed by atoms with Crippen LogP contribution in [0.4, 0.5) is 25.8 Å². The van der Waals surface area contributed by atoms with Crippen LogP contribution >= 0.6 is 69.6 Å². The van der Waals surface area contributed by atoms with Crippen LogP contribution in [0.1, 0.15) is 45.9 Å². The monoisotopic (exact) mass is 687 g/mol. The molecule has 0 aliphatic heterocycles. The molecule has 6 nitrogen and oxygen atoms in total. The molecule has 0 spiro atoms. The number of benzene rings is 3. The summed E-state index contributed by atoms with van der Waals surface area (Å²) in [5.74, 6) is -5.74. The fraction of sp³-hybridized carbons (Fsp3) is 0.222. The first-order valence-electron chi connectivity index (χ1n) is 12.0. The number of amides is 3. The van der Waals surface area contributed by atoms with Gasteiger partial charge in [0, 0.05) is 22.3 Å². The van der Waals surface area contributed by atoms with E-state index in [0.29, 0.717) is 12.0 Å². The van der Waals surface area contributed by atoms with Gasteiger partial charge in [-0.25, -0.2) is 8.78 Å². The van der Waals surface area contributed by atoms with Crippen LogP contribution in [0.15, 0.2) is 42.5 Å². The molecule has 2 atom stereocenters. The summed E-state index contributed by atoms with van der Waals surface area (Å²) in [6.45, 7) is 1.74. The zero-order chi connectivity index (χ0) is 30.2. The van der Waals surface area contributed by atoms with Crippen molar-refractivity contribution in [1.29, 1.82) is 0 Å². The number of alkyl halides is 2. The summed E-state index contributed by atoms with van der Waals surface area (Å²) >= 11 is 37.2. The van der Waals surface area contributed by atoms with Crippen LogP contribution in [0, 0.1) is 17.6 Å². The lowest BCUT2D eigenvalue weighted by atomic mass is 10.1. The third kappa shape index (κ3) is 6.69. The Hall–Kier alpha value is -2.33. The molecule has 4 rings (SSSR count). The van der Waals surface area contributed by atoms with E-state index >= 15 is 0 Å². The van der Waals surface area contributed by atoms with E-state index in [4.69, 9.17) is 69.6 Å². The first-order valence-corrected chi connectivity index (χ1v) is 14.2. The molecule has 0 radical (unpaired) electrons. The third-order valence-corrected chi connectivity index (χ3v) is 8.73. The van der Waals surface area contributed by atoms with Gasteiger partial charge >= 0.3 is 0 Å². The van der Waals surface area contributed by atoms with Crippen molar-refractivity contribution in [2.75, 3.05) is 16.0 Å². The Morgan fingerprint density at radius 1 is 0.902 bits per heavy atom. The fourth-order valence-electron chi connectivity index (χ4n) is 4.20. The van der Waals surface area contributed by atoms with E-state index < -0.39 is 56.9 Å². The molecule has 3 N–H and O–H groups in total. The highest BCUT2D eigenvalue weighted by atomic mass is 35.5. The van der Waals surface area contributed by atoms with Gasteiger partial charge in [-0.2, -0.15) is 0 Å². The van der Waals surface area contributed by atoms with E-state index in [-0.39, 0.29) is 42.0 Å². The van der Waals surface area contributed by atoms with Gasteiger partial charge in [0.25, 0.3) is 5.91 Å². The molecule has 0 heterocycles. The Morgan fingerprint density at radius 2 is 1.56 bits per heavy atom. The van der Waals surface area contributed by atoms with Gasteiger partial charge in [0.2, 0.25) is 11.8 Å². The molecular formula is C27H25Cl6F2N3O3. The van der Waals surface area contributed by atoms with Crippen LogP contribution in [0.3, 0.4) is 0 Å². The Kier molecular flexibility index (Phi) is 9.63. The average Bonchev–Trinajstić information content (AvgIpc) is 3.49. The largest absolute Gasteiger partial charge is 0.326 e. The quantitative estimate of drug-likeness (QED) is 0.163. The van der Waals surface area contributed by atoms with Crippen molar-refractivity contribution in [3.05, 3.63) is 85.3 Å². The third-order valence-electron chi connectivity index (χ3n) is 6.26. The molecule has 0 bridgehead atoms. The predicted molar refractivity (Wildman–Crippen MR) is 166 cm³/mol. The predicted octanol–water partition coefficient (Wildman–Crippen LogP) is 9.83. The van der Waals surface area contributed by atoms with Crippen molar-refractivity contribution in [3.63, 3.8) is 0 Å². The number of hydrogen-bond acceptors (Lipinski definition) is 3. The lowest BCUT2D eigenvalue weighted by Gasteiger charge is -2.13. The van der Waals surface area contributed by atoms with E-state index in [1.54, 1.807) is 6.92 Å². The Labute approximate surface area is 268 Å². The SMILES string of the molecule is CCCC(=O)Nc1c(F)ccc(NC(=O)c2cc(NC(=O)[C@H]3[C@H](c4cc(Cl)c(Cl)c(Cl)c4)C3(Cl)Cl)ccc2Cl)c1F.[HH].[HH].[HH]. The van der Waals surface area contributed by atoms with Crippen LogP contribution in [0.2, 0.25) is 20.1 Å². The number of rotatable bonds is 8. The molecule has 0 aromatic heterocycles. The second kappa shape index (κ2) is 12.5. The highest BCUT2D eigenvalue weighted by molar-refractivity contribution is 6.54. The van der Waals surface area contributed by atoms with Gasteiger partial charge in [0.1, 0.15) is 15.8 Å². The van der Waals surface area contributed by atoms with Crippen molar-refractivity contribution in [3.8, 4) is 0 Å². The Bertz CT molecular complexity index is 1560. The van der Waals surface area contributed by atoms with Crippen LogP contribution in [0.25, 0.3) is 0 Å². The molecule has 3 amide bonds. The second-order valence-corrected chi connectivity index (χ2v) is 12.2. The zero-order valence-corrected chi connectivity index (χ0v) is 25.4. The smallest absolute Gasteiger partial charge is 0.257 e. The van der Waals surface area contributed by atoms with Crippen molar-refractivity contribution in [2.24, 2.45) is 5.92 Å². The highest BCUT2D eigenvalue weighted by Gasteiger charge is 2.67. The lowest BCUT2D eigenvalue weighted by molar-refractivity contribution is -0.117. The minimum atomic E-state index is -1.47. The molecule has 3 aromatic carbocycles. The summed E-state index contributed by atoms with van der Waals surface area (Å²) in [7, 11) is 0. The van der Waals surface area contributed by atoms with Crippen molar-refractivity contribution >= 4 is 104 Å². The molecule has 0 saturated heterocycles. The normalized spacial score (nSPS) is 17.1.